The number of imidazole rings is 1. The number of anilines is 1. The second-order valence-electron chi connectivity index (χ2n) is 6.02. The normalized spacial score (nSPS) is 13.4. The Bertz CT molecular complexity index is 1100. The minimum absolute atomic E-state index is 0.0375. The molecule has 0 spiro atoms. The fourth-order valence-corrected chi connectivity index (χ4v) is 4.30. The molecule has 0 atom stereocenters. The monoisotopic (exact) mass is 400 g/mol. The van der Waals surface area contributed by atoms with Crippen molar-refractivity contribution in [2.24, 2.45) is 5.14 Å². The third-order valence-corrected chi connectivity index (χ3v) is 6.10. The van der Waals surface area contributed by atoms with Crippen LogP contribution in [0.15, 0.2) is 64.8 Å². The molecule has 3 aromatic rings. The second-order valence-corrected chi connectivity index (χ2v) is 8.64. The number of aryl methyl sites for hydroxylation is 1. The van der Waals surface area contributed by atoms with Gasteiger partial charge in [-0.05, 0) is 30.3 Å². The van der Waals surface area contributed by atoms with Gasteiger partial charge in [0.15, 0.2) is 5.16 Å². The summed E-state index contributed by atoms with van der Waals surface area (Å²) in [5.41, 5.74) is 2.60. The van der Waals surface area contributed by atoms with E-state index >= 15 is 0 Å². The van der Waals surface area contributed by atoms with E-state index in [-0.39, 0.29) is 10.8 Å². The summed E-state index contributed by atoms with van der Waals surface area (Å²) >= 11 is 1.71. The molecule has 1 amide bonds. The van der Waals surface area contributed by atoms with Gasteiger partial charge in [-0.25, -0.2) is 18.5 Å². The van der Waals surface area contributed by atoms with Crippen molar-refractivity contribution in [3.63, 3.8) is 0 Å². The summed E-state index contributed by atoms with van der Waals surface area (Å²) in [6.45, 7) is 0.928. The molecule has 7 nitrogen and oxygen atoms in total. The SMILES string of the molecule is NS(=O)(=O)c1ccc(C(=O)Nc2ccccc2-c2cn3c(n2)SCC3)cc1. The lowest BCUT2D eigenvalue weighted by atomic mass is 10.1. The van der Waals surface area contributed by atoms with Crippen molar-refractivity contribution in [2.75, 3.05) is 11.1 Å². The van der Waals surface area contributed by atoms with Gasteiger partial charge < -0.3 is 9.88 Å². The third-order valence-electron chi connectivity index (χ3n) is 4.20. The average Bonchev–Trinajstić information content (AvgIpc) is 3.23. The summed E-state index contributed by atoms with van der Waals surface area (Å²) in [7, 11) is -3.79. The molecule has 9 heteroatoms. The van der Waals surface area contributed by atoms with Gasteiger partial charge in [0.25, 0.3) is 5.91 Å². The van der Waals surface area contributed by atoms with E-state index in [1.807, 2.05) is 30.5 Å². The van der Waals surface area contributed by atoms with Gasteiger partial charge in [-0.2, -0.15) is 0 Å². The van der Waals surface area contributed by atoms with Gasteiger partial charge in [-0.15, -0.1) is 0 Å². The lowest BCUT2D eigenvalue weighted by Crippen LogP contribution is -2.14. The third kappa shape index (κ3) is 3.61. The number of nitrogens with zero attached hydrogens (tertiary/aromatic N) is 2. The van der Waals surface area contributed by atoms with Crippen molar-refractivity contribution in [2.45, 2.75) is 16.6 Å². The fourth-order valence-electron chi connectivity index (χ4n) is 2.85. The van der Waals surface area contributed by atoms with Gasteiger partial charge >= 0.3 is 0 Å². The molecule has 0 bridgehead atoms. The number of fused-ring (bicyclic) bond motifs is 1. The zero-order valence-corrected chi connectivity index (χ0v) is 15.8. The molecule has 0 saturated heterocycles. The smallest absolute Gasteiger partial charge is 0.255 e. The zero-order chi connectivity index (χ0) is 19.0. The van der Waals surface area contributed by atoms with E-state index in [0.29, 0.717) is 11.3 Å². The molecule has 1 aliphatic rings. The van der Waals surface area contributed by atoms with Crippen LogP contribution in [0.3, 0.4) is 0 Å². The van der Waals surface area contributed by atoms with Crippen LogP contribution in [0.25, 0.3) is 11.3 Å². The van der Waals surface area contributed by atoms with Gasteiger partial charge in [0.2, 0.25) is 10.0 Å². The molecule has 0 radical (unpaired) electrons. The number of benzene rings is 2. The van der Waals surface area contributed by atoms with E-state index in [2.05, 4.69) is 14.9 Å². The Kier molecular flexibility index (Phi) is 4.50. The molecule has 3 N–H and O–H groups in total. The predicted molar refractivity (Wildman–Crippen MR) is 104 cm³/mol. The van der Waals surface area contributed by atoms with Crippen molar-refractivity contribution < 1.29 is 13.2 Å². The Labute approximate surface area is 160 Å². The lowest BCUT2D eigenvalue weighted by Gasteiger charge is -2.10. The summed E-state index contributed by atoms with van der Waals surface area (Å²) in [6.07, 6.45) is 1.99. The highest BCUT2D eigenvalue weighted by Gasteiger charge is 2.18. The topological polar surface area (TPSA) is 107 Å². The van der Waals surface area contributed by atoms with Crippen molar-refractivity contribution in [1.82, 2.24) is 9.55 Å². The first-order valence-corrected chi connectivity index (χ1v) is 10.7. The number of rotatable bonds is 4. The van der Waals surface area contributed by atoms with Crippen molar-refractivity contribution in [3.05, 3.63) is 60.3 Å². The summed E-state index contributed by atoms with van der Waals surface area (Å²) in [5, 5.41) is 8.93. The van der Waals surface area contributed by atoms with Crippen LogP contribution in [0.4, 0.5) is 5.69 Å². The molecule has 27 heavy (non-hydrogen) atoms. The van der Waals surface area contributed by atoms with E-state index in [1.165, 1.54) is 24.3 Å². The first-order valence-electron chi connectivity index (χ1n) is 8.15. The summed E-state index contributed by atoms with van der Waals surface area (Å²) in [6, 6.07) is 12.9. The van der Waals surface area contributed by atoms with Crippen molar-refractivity contribution >= 4 is 33.4 Å². The Balaban J connectivity index is 1.60. The predicted octanol–water partition coefficient (Wildman–Crippen LogP) is 2.56. The van der Waals surface area contributed by atoms with Crippen LogP contribution < -0.4 is 10.5 Å². The largest absolute Gasteiger partial charge is 0.325 e. The van der Waals surface area contributed by atoms with Crippen molar-refractivity contribution in [1.29, 1.82) is 0 Å². The number of carbonyl (C=O) groups is 1. The Morgan fingerprint density at radius 2 is 1.89 bits per heavy atom. The standard InChI is InChI=1S/C18H16N4O3S2/c19-27(24,25)13-7-5-12(6-8-13)17(23)20-15-4-2-1-3-14(15)16-11-22-9-10-26-18(22)21-16/h1-8,11H,9-10H2,(H,20,23)(H2,19,24,25). The number of hydrogen-bond donors (Lipinski definition) is 2. The molecule has 0 unspecified atom stereocenters. The van der Waals surface area contributed by atoms with Crippen LogP contribution in [-0.2, 0) is 16.6 Å². The van der Waals surface area contributed by atoms with Gasteiger partial charge in [-0.1, -0.05) is 30.0 Å². The highest BCUT2D eigenvalue weighted by molar-refractivity contribution is 7.99. The lowest BCUT2D eigenvalue weighted by molar-refractivity contribution is 0.102. The first-order chi connectivity index (χ1) is 12.9. The van der Waals surface area contributed by atoms with Crippen LogP contribution in [0.1, 0.15) is 10.4 Å². The van der Waals surface area contributed by atoms with E-state index in [9.17, 15) is 13.2 Å². The molecular weight excluding hydrogens is 384 g/mol. The van der Waals surface area contributed by atoms with E-state index in [1.54, 1.807) is 11.8 Å². The maximum Gasteiger partial charge on any atom is 0.255 e. The molecular formula is C18H16N4O3S2. The maximum absolute atomic E-state index is 12.6. The summed E-state index contributed by atoms with van der Waals surface area (Å²) in [4.78, 5) is 17.2. The quantitative estimate of drug-likeness (QED) is 0.700. The molecule has 1 aliphatic heterocycles. The minimum atomic E-state index is -3.79. The van der Waals surface area contributed by atoms with E-state index in [0.717, 1.165) is 28.7 Å². The number of hydrogen-bond acceptors (Lipinski definition) is 5. The van der Waals surface area contributed by atoms with Crippen LogP contribution in [-0.4, -0.2) is 29.6 Å². The molecule has 1 aromatic heterocycles. The molecule has 138 valence electrons. The zero-order valence-electron chi connectivity index (χ0n) is 14.1. The van der Waals surface area contributed by atoms with Gasteiger partial charge in [-0.3, -0.25) is 4.79 Å². The minimum Gasteiger partial charge on any atom is -0.325 e. The first kappa shape index (κ1) is 17.8. The molecule has 4 rings (SSSR count). The van der Waals surface area contributed by atoms with Crippen molar-refractivity contribution in [3.8, 4) is 11.3 Å². The van der Waals surface area contributed by atoms with E-state index < -0.39 is 10.0 Å². The Hall–Kier alpha value is -2.62. The maximum atomic E-state index is 12.6. The fraction of sp³-hybridized carbons (Fsp3) is 0.111. The van der Waals surface area contributed by atoms with Crippen LogP contribution in [0.2, 0.25) is 0 Å². The molecule has 0 fully saturated rings. The van der Waals surface area contributed by atoms with Crippen LogP contribution in [0, 0.1) is 0 Å². The van der Waals surface area contributed by atoms with Crippen LogP contribution in [0.5, 0.6) is 0 Å². The number of thioether (sulfide) groups is 1. The second kappa shape index (κ2) is 6.84. The van der Waals surface area contributed by atoms with E-state index in [4.69, 9.17) is 5.14 Å². The number of carbonyl (C=O) groups excluding carboxylic acids is 1. The molecule has 0 saturated carbocycles. The molecule has 2 aromatic carbocycles. The number of primary sulfonamides is 1. The van der Waals surface area contributed by atoms with Gasteiger partial charge in [0.05, 0.1) is 16.3 Å². The summed E-state index contributed by atoms with van der Waals surface area (Å²) in [5.74, 6) is 0.680. The highest BCUT2D eigenvalue weighted by Crippen LogP contribution is 2.32. The number of nitrogens with one attached hydrogen (secondary N) is 1. The van der Waals surface area contributed by atoms with Gasteiger partial charge in [0.1, 0.15) is 0 Å². The number of amides is 1. The summed E-state index contributed by atoms with van der Waals surface area (Å²) < 4.78 is 24.8. The Morgan fingerprint density at radius 3 is 2.59 bits per heavy atom. The van der Waals surface area contributed by atoms with Crippen LogP contribution >= 0.6 is 11.8 Å². The molecule has 2 heterocycles. The average molecular weight is 400 g/mol. The number of nitrogens with two attached hydrogens (primary N) is 1. The molecule has 0 aliphatic carbocycles. The Morgan fingerprint density at radius 1 is 1.15 bits per heavy atom. The number of sulfonamides is 1. The number of aromatic nitrogens is 2. The highest BCUT2D eigenvalue weighted by atomic mass is 32.2. The number of para-hydroxylation sites is 1. The van der Waals surface area contributed by atoms with Gasteiger partial charge in [0, 0.05) is 29.6 Å².